The summed E-state index contributed by atoms with van der Waals surface area (Å²) in [4.78, 5) is 25.4. The van der Waals surface area contributed by atoms with Crippen LogP contribution in [-0.2, 0) is 16.1 Å². The Morgan fingerprint density at radius 2 is 1.54 bits per heavy atom. The number of para-hydroxylation sites is 1. The molecule has 0 saturated carbocycles. The predicted molar refractivity (Wildman–Crippen MR) is 122 cm³/mol. The zero-order chi connectivity index (χ0) is 24.9. The molecule has 0 fully saturated rings. The van der Waals surface area contributed by atoms with Crippen LogP contribution in [0.5, 0.6) is 5.75 Å². The minimum absolute atomic E-state index is 0.0333. The van der Waals surface area contributed by atoms with Crippen LogP contribution >= 0.6 is 0 Å². The molecule has 4 rings (SSSR count). The van der Waals surface area contributed by atoms with E-state index in [9.17, 15) is 18.4 Å². The van der Waals surface area contributed by atoms with Crippen molar-refractivity contribution in [2.45, 2.75) is 6.61 Å². The van der Waals surface area contributed by atoms with E-state index < -0.39 is 23.6 Å². The van der Waals surface area contributed by atoms with Crippen LogP contribution in [0, 0.1) is 11.6 Å². The zero-order valence-electron chi connectivity index (χ0n) is 18.8. The van der Waals surface area contributed by atoms with Gasteiger partial charge >= 0.3 is 11.9 Å². The molecular weight excluding hydrogens is 458 g/mol. The molecule has 0 radical (unpaired) electrons. The maximum absolute atomic E-state index is 13.4. The van der Waals surface area contributed by atoms with E-state index in [1.54, 1.807) is 48.5 Å². The molecule has 0 aliphatic carbocycles. The van der Waals surface area contributed by atoms with Crippen LogP contribution in [0.4, 0.5) is 8.78 Å². The SMILES string of the molecule is COC(=O)c1c(-c2ccc(COc3ccc(F)c(F)c3)cc2)nn(-c2ccccc2)c1C(=O)OC. The monoisotopic (exact) mass is 478 g/mol. The number of halogens is 2. The largest absolute Gasteiger partial charge is 0.489 e. The Morgan fingerprint density at radius 3 is 2.17 bits per heavy atom. The molecule has 0 aliphatic heterocycles. The number of hydrogen-bond donors (Lipinski definition) is 0. The molecule has 0 unspecified atom stereocenters. The number of nitrogens with zero attached hydrogens (tertiary/aromatic N) is 2. The fraction of sp³-hybridized carbons (Fsp3) is 0.115. The summed E-state index contributed by atoms with van der Waals surface area (Å²) in [6.07, 6.45) is 0. The number of esters is 2. The molecule has 0 atom stereocenters. The Balaban J connectivity index is 1.70. The van der Waals surface area contributed by atoms with Crippen LogP contribution in [0.25, 0.3) is 16.9 Å². The van der Waals surface area contributed by atoms with E-state index in [1.165, 1.54) is 25.0 Å². The summed E-state index contributed by atoms with van der Waals surface area (Å²) in [5.74, 6) is -3.25. The number of carbonyl (C=O) groups is 2. The van der Waals surface area contributed by atoms with Gasteiger partial charge in [0.15, 0.2) is 17.3 Å². The van der Waals surface area contributed by atoms with Crippen molar-refractivity contribution in [2.75, 3.05) is 14.2 Å². The molecule has 35 heavy (non-hydrogen) atoms. The minimum atomic E-state index is -0.997. The molecular formula is C26H20F2N2O5. The summed E-state index contributed by atoms with van der Waals surface area (Å²) in [7, 11) is 2.43. The Morgan fingerprint density at radius 1 is 0.857 bits per heavy atom. The van der Waals surface area contributed by atoms with Gasteiger partial charge in [-0.3, -0.25) is 0 Å². The molecule has 9 heteroatoms. The van der Waals surface area contributed by atoms with Gasteiger partial charge in [-0.05, 0) is 29.8 Å². The van der Waals surface area contributed by atoms with Crippen LogP contribution in [-0.4, -0.2) is 35.9 Å². The number of ether oxygens (including phenoxy) is 3. The molecule has 0 saturated heterocycles. The van der Waals surface area contributed by atoms with Gasteiger partial charge in [-0.2, -0.15) is 5.10 Å². The molecule has 0 aliphatic rings. The summed E-state index contributed by atoms with van der Waals surface area (Å²) < 4.78 is 43.2. The first-order chi connectivity index (χ1) is 16.9. The van der Waals surface area contributed by atoms with Crippen LogP contribution in [0.1, 0.15) is 26.4 Å². The van der Waals surface area contributed by atoms with E-state index in [4.69, 9.17) is 14.2 Å². The van der Waals surface area contributed by atoms with E-state index in [1.807, 2.05) is 6.07 Å². The van der Waals surface area contributed by atoms with Gasteiger partial charge in [0.05, 0.1) is 19.9 Å². The van der Waals surface area contributed by atoms with E-state index in [-0.39, 0.29) is 29.3 Å². The molecule has 3 aromatic carbocycles. The molecule has 0 spiro atoms. The van der Waals surface area contributed by atoms with Gasteiger partial charge in [0.1, 0.15) is 23.6 Å². The summed E-state index contributed by atoms with van der Waals surface area (Å²) in [6, 6.07) is 19.0. The number of carbonyl (C=O) groups excluding carboxylic acids is 2. The van der Waals surface area contributed by atoms with Crippen molar-refractivity contribution in [3.8, 4) is 22.7 Å². The lowest BCUT2D eigenvalue weighted by molar-refractivity contribution is 0.0549. The lowest BCUT2D eigenvalue weighted by Gasteiger charge is -2.08. The maximum atomic E-state index is 13.4. The summed E-state index contributed by atoms with van der Waals surface area (Å²) in [5.41, 5.74) is 1.96. The van der Waals surface area contributed by atoms with E-state index in [0.717, 1.165) is 17.7 Å². The highest BCUT2D eigenvalue weighted by Crippen LogP contribution is 2.29. The fourth-order valence-corrected chi connectivity index (χ4v) is 3.45. The number of rotatable bonds is 7. The Labute approximate surface area is 199 Å². The van der Waals surface area contributed by atoms with E-state index in [2.05, 4.69) is 5.10 Å². The van der Waals surface area contributed by atoms with Gasteiger partial charge in [-0.25, -0.2) is 23.1 Å². The Hall–Kier alpha value is -4.53. The maximum Gasteiger partial charge on any atom is 0.357 e. The first-order valence-electron chi connectivity index (χ1n) is 10.4. The molecule has 0 bridgehead atoms. The highest BCUT2D eigenvalue weighted by Gasteiger charge is 2.31. The van der Waals surface area contributed by atoms with E-state index >= 15 is 0 Å². The third-order valence-electron chi connectivity index (χ3n) is 5.18. The Kier molecular flexibility index (Phi) is 6.86. The van der Waals surface area contributed by atoms with Crippen LogP contribution in [0.3, 0.4) is 0 Å². The van der Waals surface area contributed by atoms with Gasteiger partial charge in [0.25, 0.3) is 0 Å². The lowest BCUT2D eigenvalue weighted by atomic mass is 10.0. The van der Waals surface area contributed by atoms with Crippen molar-refractivity contribution in [1.29, 1.82) is 0 Å². The van der Waals surface area contributed by atoms with Crippen molar-refractivity contribution in [1.82, 2.24) is 9.78 Å². The summed E-state index contributed by atoms with van der Waals surface area (Å²) >= 11 is 0. The highest BCUT2D eigenvalue weighted by atomic mass is 19.2. The lowest BCUT2D eigenvalue weighted by Crippen LogP contribution is -2.15. The van der Waals surface area contributed by atoms with Gasteiger partial charge in [0, 0.05) is 11.6 Å². The molecule has 1 aromatic heterocycles. The summed E-state index contributed by atoms with van der Waals surface area (Å²) in [5, 5.41) is 4.54. The Bertz CT molecular complexity index is 1370. The minimum Gasteiger partial charge on any atom is -0.489 e. The van der Waals surface area contributed by atoms with Gasteiger partial charge in [-0.15, -0.1) is 0 Å². The second-order valence-corrected chi connectivity index (χ2v) is 7.36. The third-order valence-corrected chi connectivity index (χ3v) is 5.18. The average Bonchev–Trinajstić information content (AvgIpc) is 3.30. The second kappa shape index (κ2) is 10.2. The molecule has 0 amide bonds. The molecule has 178 valence electrons. The fourth-order valence-electron chi connectivity index (χ4n) is 3.45. The van der Waals surface area contributed by atoms with Crippen LogP contribution < -0.4 is 4.74 Å². The molecule has 7 nitrogen and oxygen atoms in total. The quantitative estimate of drug-likeness (QED) is 0.349. The van der Waals surface area contributed by atoms with Gasteiger partial charge in [-0.1, -0.05) is 42.5 Å². The smallest absolute Gasteiger partial charge is 0.357 e. The van der Waals surface area contributed by atoms with Gasteiger partial charge < -0.3 is 14.2 Å². The second-order valence-electron chi connectivity index (χ2n) is 7.36. The van der Waals surface area contributed by atoms with Gasteiger partial charge in [0.2, 0.25) is 0 Å². The predicted octanol–water partition coefficient (Wildman–Crippen LogP) is 4.97. The molecule has 0 N–H and O–H groups in total. The average molecular weight is 478 g/mol. The standard InChI is InChI=1S/C26H20F2N2O5/c1-33-25(31)22-23(29-30(24(22)26(32)34-2)18-6-4-3-5-7-18)17-10-8-16(9-11-17)15-35-19-12-13-20(27)21(28)14-19/h3-14H,15H2,1-2H3. The first kappa shape index (κ1) is 23.6. The first-order valence-corrected chi connectivity index (χ1v) is 10.4. The number of hydrogen-bond acceptors (Lipinski definition) is 6. The van der Waals surface area contributed by atoms with Crippen LogP contribution in [0.15, 0.2) is 72.8 Å². The van der Waals surface area contributed by atoms with Crippen LogP contribution in [0.2, 0.25) is 0 Å². The van der Waals surface area contributed by atoms with Crippen molar-refractivity contribution in [3.63, 3.8) is 0 Å². The number of aromatic nitrogens is 2. The molecule has 1 heterocycles. The highest BCUT2D eigenvalue weighted by molar-refractivity contribution is 6.06. The van der Waals surface area contributed by atoms with Crippen molar-refractivity contribution in [2.24, 2.45) is 0 Å². The topological polar surface area (TPSA) is 79.7 Å². The van der Waals surface area contributed by atoms with Crippen molar-refractivity contribution < 1.29 is 32.6 Å². The van der Waals surface area contributed by atoms with Crippen molar-refractivity contribution >= 4 is 11.9 Å². The third kappa shape index (κ3) is 4.89. The number of benzene rings is 3. The molecule has 4 aromatic rings. The zero-order valence-corrected chi connectivity index (χ0v) is 18.8. The summed E-state index contributed by atoms with van der Waals surface area (Å²) in [6.45, 7) is 0.0983. The number of methoxy groups -OCH3 is 2. The van der Waals surface area contributed by atoms with E-state index in [0.29, 0.717) is 11.3 Å². The van der Waals surface area contributed by atoms with Crippen molar-refractivity contribution in [3.05, 3.63) is 101 Å². The normalized spacial score (nSPS) is 10.6.